The molecule has 1 saturated carbocycles. The highest BCUT2D eigenvalue weighted by molar-refractivity contribution is 7.89. The maximum absolute atomic E-state index is 12.7. The van der Waals surface area contributed by atoms with Crippen molar-refractivity contribution in [1.29, 1.82) is 0 Å². The van der Waals surface area contributed by atoms with Gasteiger partial charge in [-0.3, -0.25) is 4.79 Å². The predicted molar refractivity (Wildman–Crippen MR) is 165 cm³/mol. The second kappa shape index (κ2) is 13.7. The largest absolute Gasteiger partial charge is 0.490 e. The second-order valence-electron chi connectivity index (χ2n) is 10.7. The van der Waals surface area contributed by atoms with Crippen molar-refractivity contribution in [3.63, 3.8) is 0 Å². The van der Waals surface area contributed by atoms with Crippen LogP contribution in [0.3, 0.4) is 0 Å². The predicted octanol–water partition coefficient (Wildman–Crippen LogP) is 5.73. The van der Waals surface area contributed by atoms with Crippen LogP contribution in [-0.2, 0) is 21.2 Å². The van der Waals surface area contributed by atoms with Gasteiger partial charge in [-0.25, -0.2) is 22.9 Å². The molecule has 0 atom stereocenters. The van der Waals surface area contributed by atoms with E-state index in [9.17, 15) is 23.1 Å². The van der Waals surface area contributed by atoms with Gasteiger partial charge in [-0.05, 0) is 86.7 Å². The molecular formula is C33H33N3O7S. The smallest absolute Gasteiger partial charge is 0.337 e. The first-order chi connectivity index (χ1) is 21.1. The molecule has 10 nitrogen and oxygen atoms in total. The molecule has 0 bridgehead atoms. The highest BCUT2D eigenvalue weighted by Crippen LogP contribution is 2.28. The molecule has 1 aliphatic rings. The molecule has 0 aliphatic heterocycles. The van der Waals surface area contributed by atoms with Gasteiger partial charge < -0.3 is 19.9 Å². The van der Waals surface area contributed by atoms with E-state index in [2.05, 4.69) is 15.0 Å². The summed E-state index contributed by atoms with van der Waals surface area (Å²) in [6, 6.07) is 23.5. The third-order valence-corrected chi connectivity index (χ3v) is 8.81. The number of carboxylic acids is 1. The molecule has 0 saturated heterocycles. The van der Waals surface area contributed by atoms with Crippen molar-refractivity contribution in [2.24, 2.45) is 0 Å². The molecule has 1 aromatic heterocycles. The fourth-order valence-electron chi connectivity index (χ4n) is 4.94. The van der Waals surface area contributed by atoms with Gasteiger partial charge in [0.1, 0.15) is 11.5 Å². The molecule has 228 valence electrons. The van der Waals surface area contributed by atoms with Gasteiger partial charge in [0.05, 0.1) is 28.7 Å². The van der Waals surface area contributed by atoms with Crippen molar-refractivity contribution in [2.75, 3.05) is 5.32 Å². The number of rotatable bonds is 11. The van der Waals surface area contributed by atoms with Gasteiger partial charge in [-0.2, -0.15) is 0 Å². The number of carbonyl (C=O) groups excluding carboxylic acids is 1. The van der Waals surface area contributed by atoms with Crippen molar-refractivity contribution < 1.29 is 32.6 Å². The number of nitrogens with one attached hydrogen (secondary N) is 2. The number of sulfonamides is 1. The van der Waals surface area contributed by atoms with Gasteiger partial charge in [-0.1, -0.05) is 35.9 Å². The van der Waals surface area contributed by atoms with Crippen LogP contribution < -0.4 is 19.5 Å². The van der Waals surface area contributed by atoms with Crippen molar-refractivity contribution in [2.45, 2.75) is 56.1 Å². The van der Waals surface area contributed by atoms with Gasteiger partial charge in [-0.15, -0.1) is 0 Å². The van der Waals surface area contributed by atoms with Gasteiger partial charge in [0.2, 0.25) is 21.8 Å². The number of hydrogen-bond donors (Lipinski definition) is 3. The first-order valence-corrected chi connectivity index (χ1v) is 15.7. The van der Waals surface area contributed by atoms with E-state index in [0.717, 1.165) is 18.4 Å². The maximum atomic E-state index is 12.7. The van der Waals surface area contributed by atoms with E-state index in [1.54, 1.807) is 60.7 Å². The molecule has 0 radical (unpaired) electrons. The lowest BCUT2D eigenvalue weighted by Gasteiger charge is -2.29. The molecule has 3 aromatic carbocycles. The van der Waals surface area contributed by atoms with Crippen LogP contribution >= 0.6 is 0 Å². The summed E-state index contributed by atoms with van der Waals surface area (Å²) in [4.78, 5) is 28.3. The lowest BCUT2D eigenvalue weighted by atomic mass is 9.94. The highest BCUT2D eigenvalue weighted by Gasteiger charge is 2.26. The average Bonchev–Trinajstić information content (AvgIpc) is 3.00. The number of ether oxygens (including phenoxy) is 2. The minimum Gasteiger partial charge on any atom is -0.490 e. The Balaban J connectivity index is 1.07. The summed E-state index contributed by atoms with van der Waals surface area (Å²) in [7, 11) is -3.55. The Morgan fingerprint density at radius 3 is 2.23 bits per heavy atom. The van der Waals surface area contributed by atoms with Crippen LogP contribution in [0.5, 0.6) is 17.4 Å². The molecule has 3 N–H and O–H groups in total. The number of para-hydroxylation sites is 1. The quantitative estimate of drug-likeness (QED) is 0.194. The van der Waals surface area contributed by atoms with Gasteiger partial charge in [0.25, 0.3) is 0 Å². The van der Waals surface area contributed by atoms with Crippen molar-refractivity contribution in [3.05, 3.63) is 108 Å². The van der Waals surface area contributed by atoms with Crippen LogP contribution in [0.15, 0.2) is 96.0 Å². The van der Waals surface area contributed by atoms with Crippen LogP contribution in [0.25, 0.3) is 0 Å². The highest BCUT2D eigenvalue weighted by atomic mass is 32.2. The number of aromatic carboxylic acids is 1. The molecule has 1 amide bonds. The molecule has 1 heterocycles. The molecule has 5 rings (SSSR count). The van der Waals surface area contributed by atoms with Gasteiger partial charge >= 0.3 is 5.97 Å². The van der Waals surface area contributed by atoms with Gasteiger partial charge in [0, 0.05) is 18.3 Å². The van der Waals surface area contributed by atoms with Crippen LogP contribution in [0.4, 0.5) is 5.69 Å². The molecule has 4 aromatic rings. The monoisotopic (exact) mass is 615 g/mol. The Bertz CT molecular complexity index is 1700. The summed E-state index contributed by atoms with van der Waals surface area (Å²) in [5.74, 6) is 0.134. The zero-order chi connectivity index (χ0) is 31.1. The van der Waals surface area contributed by atoms with Crippen LogP contribution in [0.1, 0.15) is 47.2 Å². The van der Waals surface area contributed by atoms with Gasteiger partial charge in [0.15, 0.2) is 0 Å². The molecule has 1 aliphatic carbocycles. The third kappa shape index (κ3) is 8.21. The topological polar surface area (TPSA) is 144 Å². The van der Waals surface area contributed by atoms with Crippen LogP contribution in [0.2, 0.25) is 0 Å². The van der Waals surface area contributed by atoms with Crippen molar-refractivity contribution in [3.8, 4) is 17.4 Å². The van der Waals surface area contributed by atoms with Crippen LogP contribution in [0, 0.1) is 6.92 Å². The first-order valence-electron chi connectivity index (χ1n) is 14.3. The lowest BCUT2D eigenvalue weighted by Crippen LogP contribution is -2.39. The van der Waals surface area contributed by atoms with E-state index in [0.29, 0.717) is 35.8 Å². The summed E-state index contributed by atoms with van der Waals surface area (Å²) in [5.41, 5.74) is 1.91. The molecule has 0 spiro atoms. The van der Waals surface area contributed by atoms with E-state index in [1.165, 1.54) is 18.3 Å². The Morgan fingerprint density at radius 2 is 1.57 bits per heavy atom. The molecule has 11 heteroatoms. The Hall–Kier alpha value is -4.74. The Labute approximate surface area is 256 Å². The molecular weight excluding hydrogens is 582 g/mol. The SMILES string of the molecule is Cc1ccc(S(=O)(=O)NC2CCC(Oc3ccc(Oc4ccc(CC(=O)Nc5ccccc5C(=O)O)cn4)cc3)CC2)cc1. The van der Waals surface area contributed by atoms with E-state index >= 15 is 0 Å². The van der Waals surface area contributed by atoms with E-state index < -0.39 is 16.0 Å². The standard InChI is InChI=1S/C33H33N3O7S/c1-22-6-17-28(18-7-22)44(40,41)36-24-9-11-25(12-10-24)42-26-13-15-27(16-14-26)43-32-19-8-23(21-34-32)20-31(37)35-30-5-3-2-4-29(30)33(38)39/h2-8,13-19,21,24-25,36H,9-12,20H2,1H3,(H,35,37)(H,38,39). The summed E-state index contributed by atoms with van der Waals surface area (Å²) in [6.07, 6.45) is 4.40. The van der Waals surface area contributed by atoms with E-state index in [1.807, 2.05) is 19.1 Å². The number of hydrogen-bond acceptors (Lipinski definition) is 7. The average molecular weight is 616 g/mol. The number of pyridine rings is 1. The summed E-state index contributed by atoms with van der Waals surface area (Å²) >= 11 is 0. The number of anilines is 1. The zero-order valence-electron chi connectivity index (χ0n) is 24.1. The minimum absolute atomic E-state index is 0.00841. The Morgan fingerprint density at radius 1 is 0.886 bits per heavy atom. The first kappa shape index (κ1) is 30.7. The maximum Gasteiger partial charge on any atom is 0.337 e. The van der Waals surface area contributed by atoms with E-state index in [-0.39, 0.29) is 40.6 Å². The third-order valence-electron chi connectivity index (χ3n) is 7.27. The molecule has 0 unspecified atom stereocenters. The number of aryl methyl sites for hydroxylation is 1. The lowest BCUT2D eigenvalue weighted by molar-refractivity contribution is -0.115. The number of aromatic nitrogens is 1. The minimum atomic E-state index is -3.55. The fourth-order valence-corrected chi connectivity index (χ4v) is 6.24. The summed E-state index contributed by atoms with van der Waals surface area (Å²) in [5, 5.41) is 11.9. The van der Waals surface area contributed by atoms with E-state index in [4.69, 9.17) is 9.47 Å². The van der Waals surface area contributed by atoms with Crippen molar-refractivity contribution >= 4 is 27.6 Å². The summed E-state index contributed by atoms with van der Waals surface area (Å²) in [6.45, 7) is 1.92. The number of amides is 1. The summed E-state index contributed by atoms with van der Waals surface area (Å²) < 4.78 is 40.2. The van der Waals surface area contributed by atoms with Crippen LogP contribution in [-0.4, -0.2) is 42.5 Å². The number of carboxylic acid groups (broad SMARTS) is 1. The number of carbonyl (C=O) groups is 2. The Kier molecular flexibility index (Phi) is 9.56. The normalized spacial score (nSPS) is 16.6. The fraction of sp³-hybridized carbons (Fsp3) is 0.242. The number of nitrogens with zero attached hydrogens (tertiary/aromatic N) is 1. The molecule has 1 fully saturated rings. The van der Waals surface area contributed by atoms with Crippen molar-refractivity contribution in [1.82, 2.24) is 9.71 Å². The molecule has 44 heavy (non-hydrogen) atoms. The number of benzene rings is 3. The zero-order valence-corrected chi connectivity index (χ0v) is 24.9. The second-order valence-corrected chi connectivity index (χ2v) is 12.4.